The molecule has 1 aliphatic heterocycles. The number of benzene rings is 1. The van der Waals surface area contributed by atoms with Crippen molar-refractivity contribution >= 4 is 10.8 Å². The quantitative estimate of drug-likeness (QED) is 0.767. The molecule has 1 aromatic carbocycles. The van der Waals surface area contributed by atoms with Gasteiger partial charge in [-0.1, -0.05) is 18.2 Å². The SMILES string of the molecule is Oc1c2ccccc2cn1C1CCNCC1. The molecule has 1 aromatic heterocycles. The van der Waals surface area contributed by atoms with Crippen LogP contribution >= 0.6 is 0 Å². The van der Waals surface area contributed by atoms with E-state index in [1.165, 1.54) is 0 Å². The molecule has 0 saturated carbocycles. The first-order valence-corrected chi connectivity index (χ1v) is 5.85. The highest BCUT2D eigenvalue weighted by Gasteiger charge is 2.18. The zero-order chi connectivity index (χ0) is 11.0. The van der Waals surface area contributed by atoms with Gasteiger partial charge in [-0.25, -0.2) is 0 Å². The standard InChI is InChI=1S/C13H16N2O/c16-13-12-4-2-1-3-10(12)9-15(13)11-5-7-14-8-6-11/h1-4,9,11,14,16H,5-8H2. The Balaban J connectivity index is 2.05. The average molecular weight is 216 g/mol. The second-order valence-electron chi connectivity index (χ2n) is 4.43. The molecule has 0 spiro atoms. The molecule has 1 aliphatic rings. The minimum absolute atomic E-state index is 0.419. The largest absolute Gasteiger partial charge is 0.494 e. The molecule has 16 heavy (non-hydrogen) atoms. The lowest BCUT2D eigenvalue weighted by Gasteiger charge is -2.24. The smallest absolute Gasteiger partial charge is 0.199 e. The maximum atomic E-state index is 10.2. The maximum Gasteiger partial charge on any atom is 0.199 e. The van der Waals surface area contributed by atoms with Crippen molar-refractivity contribution in [1.82, 2.24) is 9.88 Å². The molecule has 1 saturated heterocycles. The second-order valence-corrected chi connectivity index (χ2v) is 4.43. The van der Waals surface area contributed by atoms with Crippen molar-refractivity contribution in [3.8, 4) is 5.88 Å². The normalized spacial score (nSPS) is 18.0. The van der Waals surface area contributed by atoms with Gasteiger partial charge in [-0.05, 0) is 32.0 Å². The topological polar surface area (TPSA) is 37.2 Å². The fourth-order valence-corrected chi connectivity index (χ4v) is 2.53. The van der Waals surface area contributed by atoms with Gasteiger partial charge < -0.3 is 15.0 Å². The van der Waals surface area contributed by atoms with E-state index in [2.05, 4.69) is 11.5 Å². The first kappa shape index (κ1) is 9.73. The highest BCUT2D eigenvalue weighted by molar-refractivity contribution is 5.87. The van der Waals surface area contributed by atoms with Crippen molar-refractivity contribution in [3.05, 3.63) is 30.5 Å². The third-order valence-corrected chi connectivity index (χ3v) is 3.43. The zero-order valence-corrected chi connectivity index (χ0v) is 9.19. The van der Waals surface area contributed by atoms with Gasteiger partial charge in [0.25, 0.3) is 0 Å². The van der Waals surface area contributed by atoms with Gasteiger partial charge in [0.05, 0.1) is 0 Å². The molecule has 2 aromatic rings. The second kappa shape index (κ2) is 3.83. The summed E-state index contributed by atoms with van der Waals surface area (Å²) in [4.78, 5) is 0. The molecule has 0 atom stereocenters. The van der Waals surface area contributed by atoms with Crippen molar-refractivity contribution < 1.29 is 5.11 Å². The van der Waals surface area contributed by atoms with Gasteiger partial charge in [-0.2, -0.15) is 0 Å². The third-order valence-electron chi connectivity index (χ3n) is 3.43. The van der Waals surface area contributed by atoms with Gasteiger partial charge in [0, 0.05) is 23.0 Å². The minimum Gasteiger partial charge on any atom is -0.494 e. The molecule has 0 amide bonds. The van der Waals surface area contributed by atoms with Crippen LogP contribution in [0.2, 0.25) is 0 Å². The first-order chi connectivity index (χ1) is 7.86. The van der Waals surface area contributed by atoms with Crippen LogP contribution in [0.3, 0.4) is 0 Å². The molecule has 2 heterocycles. The number of nitrogens with zero attached hydrogens (tertiary/aromatic N) is 1. The van der Waals surface area contributed by atoms with Gasteiger partial charge in [-0.3, -0.25) is 0 Å². The summed E-state index contributed by atoms with van der Waals surface area (Å²) in [5.74, 6) is 0.419. The van der Waals surface area contributed by atoms with Gasteiger partial charge >= 0.3 is 0 Å². The Bertz CT molecular complexity index is 498. The number of hydrogen-bond acceptors (Lipinski definition) is 2. The summed E-state index contributed by atoms with van der Waals surface area (Å²) in [6.07, 6.45) is 4.25. The van der Waals surface area contributed by atoms with E-state index < -0.39 is 0 Å². The van der Waals surface area contributed by atoms with Crippen LogP contribution in [0.1, 0.15) is 18.9 Å². The third kappa shape index (κ3) is 1.48. The number of aromatic hydroxyl groups is 1. The number of aromatic nitrogens is 1. The lowest BCUT2D eigenvalue weighted by molar-refractivity contribution is 0.326. The Hall–Kier alpha value is -1.48. The summed E-state index contributed by atoms with van der Waals surface area (Å²) in [5, 5.41) is 15.6. The Kier molecular flexibility index (Phi) is 2.33. The van der Waals surface area contributed by atoms with E-state index in [4.69, 9.17) is 0 Å². The Labute approximate surface area is 94.7 Å². The predicted molar refractivity (Wildman–Crippen MR) is 64.7 cm³/mol. The van der Waals surface area contributed by atoms with Crippen molar-refractivity contribution in [3.63, 3.8) is 0 Å². The number of rotatable bonds is 1. The predicted octanol–water partition coefficient (Wildman–Crippen LogP) is 2.27. The average Bonchev–Trinajstić information content (AvgIpc) is 2.69. The van der Waals surface area contributed by atoms with Gasteiger partial charge in [0.15, 0.2) is 5.88 Å². The van der Waals surface area contributed by atoms with E-state index in [1.807, 2.05) is 28.8 Å². The van der Waals surface area contributed by atoms with E-state index in [0.717, 1.165) is 36.7 Å². The Morgan fingerprint density at radius 2 is 1.94 bits per heavy atom. The molecular formula is C13H16N2O. The van der Waals surface area contributed by atoms with Crippen LogP contribution in [0, 0.1) is 0 Å². The van der Waals surface area contributed by atoms with Crippen LogP contribution in [0.5, 0.6) is 5.88 Å². The van der Waals surface area contributed by atoms with Crippen LogP contribution < -0.4 is 5.32 Å². The molecule has 84 valence electrons. The van der Waals surface area contributed by atoms with Crippen LogP contribution in [0.25, 0.3) is 10.8 Å². The number of fused-ring (bicyclic) bond motifs is 1. The monoisotopic (exact) mass is 216 g/mol. The molecule has 0 radical (unpaired) electrons. The van der Waals surface area contributed by atoms with Crippen LogP contribution in [-0.2, 0) is 0 Å². The van der Waals surface area contributed by atoms with Crippen LogP contribution in [-0.4, -0.2) is 22.8 Å². The van der Waals surface area contributed by atoms with Crippen LogP contribution in [0.15, 0.2) is 30.5 Å². The first-order valence-electron chi connectivity index (χ1n) is 5.85. The molecule has 0 aliphatic carbocycles. The fraction of sp³-hybridized carbons (Fsp3) is 0.385. The van der Waals surface area contributed by atoms with Gasteiger partial charge in [0.1, 0.15) is 0 Å². The van der Waals surface area contributed by atoms with E-state index in [-0.39, 0.29) is 0 Å². The Morgan fingerprint density at radius 3 is 2.69 bits per heavy atom. The van der Waals surface area contributed by atoms with E-state index in [0.29, 0.717) is 11.9 Å². The number of nitrogens with one attached hydrogen (secondary N) is 1. The summed E-state index contributed by atoms with van der Waals surface area (Å²) in [6, 6.07) is 8.44. The van der Waals surface area contributed by atoms with E-state index >= 15 is 0 Å². The van der Waals surface area contributed by atoms with E-state index in [1.54, 1.807) is 0 Å². The number of piperidine rings is 1. The molecule has 3 heteroatoms. The van der Waals surface area contributed by atoms with Gasteiger partial charge in [-0.15, -0.1) is 0 Å². The zero-order valence-electron chi connectivity index (χ0n) is 9.19. The van der Waals surface area contributed by atoms with E-state index in [9.17, 15) is 5.11 Å². The molecule has 0 bridgehead atoms. The van der Waals surface area contributed by atoms with Crippen molar-refractivity contribution in [2.45, 2.75) is 18.9 Å². The van der Waals surface area contributed by atoms with Crippen molar-refractivity contribution in [1.29, 1.82) is 0 Å². The lowest BCUT2D eigenvalue weighted by atomic mass is 10.1. The van der Waals surface area contributed by atoms with Crippen molar-refractivity contribution in [2.24, 2.45) is 0 Å². The van der Waals surface area contributed by atoms with Crippen LogP contribution in [0.4, 0.5) is 0 Å². The highest BCUT2D eigenvalue weighted by atomic mass is 16.3. The summed E-state index contributed by atoms with van der Waals surface area (Å²) in [6.45, 7) is 2.08. The highest BCUT2D eigenvalue weighted by Crippen LogP contribution is 2.32. The molecular weight excluding hydrogens is 200 g/mol. The molecule has 1 fully saturated rings. The summed E-state index contributed by atoms with van der Waals surface area (Å²) >= 11 is 0. The fourth-order valence-electron chi connectivity index (χ4n) is 2.53. The number of hydrogen-bond donors (Lipinski definition) is 2. The summed E-state index contributed by atoms with van der Waals surface area (Å²) in [7, 11) is 0. The van der Waals surface area contributed by atoms with Gasteiger partial charge in [0.2, 0.25) is 0 Å². The minimum atomic E-state index is 0.419. The van der Waals surface area contributed by atoms with Crippen molar-refractivity contribution in [2.75, 3.05) is 13.1 Å². The molecule has 3 rings (SSSR count). The summed E-state index contributed by atoms with van der Waals surface area (Å²) in [5.41, 5.74) is 0. The Morgan fingerprint density at radius 1 is 1.19 bits per heavy atom. The molecule has 2 N–H and O–H groups in total. The molecule has 3 nitrogen and oxygen atoms in total. The molecule has 0 unspecified atom stereocenters. The maximum absolute atomic E-state index is 10.2. The lowest BCUT2D eigenvalue weighted by Crippen LogP contribution is -2.29. The summed E-state index contributed by atoms with van der Waals surface area (Å²) < 4.78 is 2.03.